The number of fused-ring (bicyclic) bond motifs is 1. The van der Waals surface area contributed by atoms with Crippen LogP contribution < -0.4 is 4.74 Å². The minimum Gasteiger partial charge on any atom is -0.490 e. The summed E-state index contributed by atoms with van der Waals surface area (Å²) in [4.78, 5) is 22.5. The van der Waals surface area contributed by atoms with E-state index in [-0.39, 0.29) is 18.3 Å². The molecule has 0 bridgehead atoms. The van der Waals surface area contributed by atoms with Crippen molar-refractivity contribution in [3.63, 3.8) is 0 Å². The van der Waals surface area contributed by atoms with E-state index < -0.39 is 5.97 Å². The van der Waals surface area contributed by atoms with Gasteiger partial charge in [-0.25, -0.2) is 0 Å². The van der Waals surface area contributed by atoms with Crippen LogP contribution in [0.1, 0.15) is 60.1 Å². The molecule has 0 aliphatic heterocycles. The van der Waals surface area contributed by atoms with Gasteiger partial charge in [-0.2, -0.15) is 5.10 Å². The number of H-pyrrole nitrogens is 1. The molecule has 1 aromatic heterocycles. The summed E-state index contributed by atoms with van der Waals surface area (Å²) < 4.78 is 6.15. The van der Waals surface area contributed by atoms with Gasteiger partial charge in [-0.3, -0.25) is 14.7 Å². The molecule has 1 aliphatic carbocycles. The monoisotopic (exact) mass is 392 g/mol. The Morgan fingerprint density at radius 2 is 1.97 bits per heavy atom. The van der Waals surface area contributed by atoms with Gasteiger partial charge in [0.05, 0.1) is 11.6 Å². The van der Waals surface area contributed by atoms with Gasteiger partial charge < -0.3 is 9.84 Å². The average molecular weight is 392 g/mol. The molecular weight excluding hydrogens is 368 g/mol. The highest BCUT2D eigenvalue weighted by molar-refractivity contribution is 6.04. The number of carboxylic acids is 1. The van der Waals surface area contributed by atoms with Crippen molar-refractivity contribution in [2.75, 3.05) is 0 Å². The number of carbonyl (C=O) groups excluding carboxylic acids is 1. The average Bonchev–Trinajstić information content (AvgIpc) is 3.33. The number of carboxylic acid groups (broad SMARTS) is 1. The van der Waals surface area contributed by atoms with Gasteiger partial charge in [0, 0.05) is 18.7 Å². The molecule has 0 saturated heterocycles. The lowest BCUT2D eigenvalue weighted by atomic mass is 9.95. The second kappa shape index (κ2) is 8.07. The highest BCUT2D eigenvalue weighted by Crippen LogP contribution is 2.37. The molecule has 1 fully saturated rings. The van der Waals surface area contributed by atoms with E-state index in [2.05, 4.69) is 22.3 Å². The number of ketones is 1. The Kier molecular flexibility index (Phi) is 5.34. The summed E-state index contributed by atoms with van der Waals surface area (Å²) in [5, 5.41) is 16.7. The van der Waals surface area contributed by atoms with E-state index in [9.17, 15) is 9.59 Å². The van der Waals surface area contributed by atoms with Gasteiger partial charge in [-0.1, -0.05) is 18.2 Å². The Bertz CT molecular complexity index is 1040. The predicted octanol–water partition coefficient (Wildman–Crippen LogP) is 4.50. The number of aryl methyl sites for hydroxylation is 1. The van der Waals surface area contributed by atoms with E-state index in [4.69, 9.17) is 9.84 Å². The third kappa shape index (κ3) is 4.31. The molecule has 2 aromatic carbocycles. The largest absolute Gasteiger partial charge is 0.490 e. The summed E-state index contributed by atoms with van der Waals surface area (Å²) in [6.07, 6.45) is 3.77. The molecule has 3 aromatic rings. The fraction of sp³-hybridized carbons (Fsp3) is 0.348. The Balaban J connectivity index is 1.40. The minimum atomic E-state index is -0.786. The second-order valence-corrected chi connectivity index (χ2v) is 7.72. The first-order valence-electron chi connectivity index (χ1n) is 9.96. The number of hydrogen-bond donors (Lipinski definition) is 2. The van der Waals surface area contributed by atoms with Gasteiger partial charge in [-0.15, -0.1) is 0 Å². The maximum absolute atomic E-state index is 11.8. The van der Waals surface area contributed by atoms with Gasteiger partial charge in [0.15, 0.2) is 5.78 Å². The zero-order chi connectivity index (χ0) is 20.4. The number of aromatic amines is 1. The van der Waals surface area contributed by atoms with E-state index in [1.165, 1.54) is 12.5 Å². The van der Waals surface area contributed by atoms with E-state index in [1.54, 1.807) is 0 Å². The van der Waals surface area contributed by atoms with Crippen LogP contribution in [0.4, 0.5) is 0 Å². The van der Waals surface area contributed by atoms with E-state index in [1.807, 2.05) is 30.3 Å². The predicted molar refractivity (Wildman–Crippen MR) is 110 cm³/mol. The molecule has 0 spiro atoms. The number of carbonyl (C=O) groups is 2. The summed E-state index contributed by atoms with van der Waals surface area (Å²) in [5.74, 6) is 0.395. The van der Waals surface area contributed by atoms with Crippen LogP contribution >= 0.6 is 0 Å². The van der Waals surface area contributed by atoms with Crippen molar-refractivity contribution in [1.29, 1.82) is 0 Å². The molecule has 1 saturated carbocycles. The van der Waals surface area contributed by atoms with Gasteiger partial charge in [0.2, 0.25) is 0 Å². The number of hydrogen-bond acceptors (Lipinski definition) is 4. The topological polar surface area (TPSA) is 92.3 Å². The van der Waals surface area contributed by atoms with E-state index in [0.717, 1.165) is 41.5 Å². The van der Waals surface area contributed by atoms with Crippen molar-refractivity contribution in [3.8, 4) is 5.75 Å². The molecular formula is C23H24N2O4. The number of benzene rings is 2. The Labute approximate surface area is 168 Å². The fourth-order valence-electron chi connectivity index (χ4n) is 4.08. The molecule has 2 N–H and O–H groups in total. The van der Waals surface area contributed by atoms with Crippen LogP contribution in [-0.4, -0.2) is 33.2 Å². The summed E-state index contributed by atoms with van der Waals surface area (Å²) in [7, 11) is 0. The van der Waals surface area contributed by atoms with Gasteiger partial charge >= 0.3 is 5.97 Å². The van der Waals surface area contributed by atoms with Crippen LogP contribution in [0.3, 0.4) is 0 Å². The summed E-state index contributed by atoms with van der Waals surface area (Å²) in [6, 6.07) is 13.9. The third-order valence-electron chi connectivity index (χ3n) is 5.63. The van der Waals surface area contributed by atoms with Crippen molar-refractivity contribution in [1.82, 2.24) is 10.2 Å². The number of aliphatic carboxylic acids is 1. The molecule has 4 rings (SSSR count). The smallest absolute Gasteiger partial charge is 0.303 e. The number of ether oxygens (including phenoxy) is 1. The molecule has 6 heteroatoms. The number of rotatable bonds is 7. The number of nitrogens with one attached hydrogen (secondary N) is 1. The molecule has 2 atom stereocenters. The normalized spacial score (nSPS) is 18.8. The van der Waals surface area contributed by atoms with Gasteiger partial charge in [0.25, 0.3) is 0 Å². The zero-order valence-electron chi connectivity index (χ0n) is 16.4. The SMILES string of the molecule is CC(=O)c1n[nH]c2ccc(C3CCC(Oc4ccc(CCC(=O)O)cc4)C3)cc12. The molecule has 6 nitrogen and oxygen atoms in total. The highest BCUT2D eigenvalue weighted by atomic mass is 16.5. The van der Waals surface area contributed by atoms with Crippen molar-refractivity contribution in [2.45, 2.75) is 51.0 Å². The Morgan fingerprint density at radius 1 is 1.17 bits per heavy atom. The van der Waals surface area contributed by atoms with E-state index in [0.29, 0.717) is 18.0 Å². The van der Waals surface area contributed by atoms with Crippen LogP contribution in [0.5, 0.6) is 5.75 Å². The zero-order valence-corrected chi connectivity index (χ0v) is 16.4. The molecule has 0 amide bonds. The van der Waals surface area contributed by atoms with Crippen molar-refractivity contribution in [2.24, 2.45) is 0 Å². The fourth-order valence-corrected chi connectivity index (χ4v) is 4.08. The van der Waals surface area contributed by atoms with Crippen LogP contribution in [0, 0.1) is 0 Å². The Hall–Kier alpha value is -3.15. The lowest BCUT2D eigenvalue weighted by molar-refractivity contribution is -0.136. The maximum atomic E-state index is 11.8. The second-order valence-electron chi connectivity index (χ2n) is 7.72. The molecule has 150 valence electrons. The van der Waals surface area contributed by atoms with Gasteiger partial charge in [-0.05, 0) is 67.0 Å². The first kappa shape index (κ1) is 19.2. The maximum Gasteiger partial charge on any atom is 0.303 e. The minimum absolute atomic E-state index is 0.0344. The van der Waals surface area contributed by atoms with Crippen molar-refractivity contribution >= 4 is 22.7 Å². The Morgan fingerprint density at radius 3 is 2.69 bits per heavy atom. The summed E-state index contributed by atoms with van der Waals surface area (Å²) in [6.45, 7) is 1.54. The molecule has 2 unspecified atom stereocenters. The van der Waals surface area contributed by atoms with Crippen molar-refractivity contribution < 1.29 is 19.4 Å². The van der Waals surface area contributed by atoms with Crippen LogP contribution in [-0.2, 0) is 11.2 Å². The van der Waals surface area contributed by atoms with Crippen LogP contribution in [0.15, 0.2) is 42.5 Å². The summed E-state index contributed by atoms with van der Waals surface area (Å²) >= 11 is 0. The number of Topliss-reactive ketones (excluding diaryl/α,β-unsaturated/α-hetero) is 1. The summed E-state index contributed by atoms with van der Waals surface area (Å²) in [5.41, 5.74) is 3.60. The standard InChI is InChI=1S/C23H24N2O4/c1-14(26)23-20-13-17(6-10-21(20)24-25-23)16-5-9-19(12-16)29-18-7-2-15(3-8-18)4-11-22(27)28/h2-3,6-8,10,13,16,19H,4-5,9,11-12H2,1H3,(H,24,25)(H,27,28). The number of nitrogens with zero attached hydrogens (tertiary/aromatic N) is 1. The van der Waals surface area contributed by atoms with Crippen molar-refractivity contribution in [3.05, 3.63) is 59.3 Å². The highest BCUT2D eigenvalue weighted by Gasteiger charge is 2.28. The molecule has 1 aliphatic rings. The molecule has 29 heavy (non-hydrogen) atoms. The number of aromatic nitrogens is 2. The van der Waals surface area contributed by atoms with Crippen LogP contribution in [0.25, 0.3) is 10.9 Å². The lowest BCUT2D eigenvalue weighted by Crippen LogP contribution is -2.12. The van der Waals surface area contributed by atoms with Crippen LogP contribution in [0.2, 0.25) is 0 Å². The lowest BCUT2D eigenvalue weighted by Gasteiger charge is -2.15. The first-order valence-corrected chi connectivity index (χ1v) is 9.96. The first-order chi connectivity index (χ1) is 14.0. The quantitative estimate of drug-likeness (QED) is 0.578. The third-order valence-corrected chi connectivity index (χ3v) is 5.63. The molecule has 1 heterocycles. The van der Waals surface area contributed by atoms with Gasteiger partial charge in [0.1, 0.15) is 11.4 Å². The van der Waals surface area contributed by atoms with E-state index >= 15 is 0 Å². The molecule has 0 radical (unpaired) electrons.